The lowest BCUT2D eigenvalue weighted by Crippen LogP contribution is -2.66. The maximum atomic E-state index is 15.0. The normalized spacial score (nSPS) is 36.1. The van der Waals surface area contributed by atoms with E-state index >= 15 is 8.78 Å². The number of allylic oxidation sites excluding steroid dienone is 1. The van der Waals surface area contributed by atoms with E-state index < -0.39 is 35.5 Å². The fourth-order valence-electron chi connectivity index (χ4n) is 9.51. The molecule has 0 aliphatic heterocycles. The van der Waals surface area contributed by atoms with Crippen molar-refractivity contribution in [3.05, 3.63) is 30.1 Å². The van der Waals surface area contributed by atoms with Crippen LogP contribution in [0.15, 0.2) is 35.3 Å². The summed E-state index contributed by atoms with van der Waals surface area (Å²) in [7, 11) is 0. The van der Waals surface area contributed by atoms with Crippen LogP contribution in [-0.4, -0.2) is 44.3 Å². The minimum Gasteiger partial charge on any atom is -0.383 e. The molecule has 1 heterocycles. The van der Waals surface area contributed by atoms with Crippen LogP contribution < -0.4 is 0 Å². The average Bonchev–Trinajstić information content (AvgIpc) is 3.24. The van der Waals surface area contributed by atoms with Crippen molar-refractivity contribution < 1.29 is 31.9 Å². The number of aromatic nitrogens is 2. The molecule has 0 spiro atoms. The summed E-state index contributed by atoms with van der Waals surface area (Å²) in [5.74, 6) is -4.27. The SMILES string of the molecule is C[C@]12CCC(=O)C=C1CC(CCCCCCCCSc1ncccn1)[C@@H]1[C@H]2CC[C@@]2(C)[C@H]1CCC2(O)C(F)(F)C(F)(F)F. The number of hydrogen-bond donors (Lipinski definition) is 1. The molecule has 1 aromatic heterocycles. The van der Waals surface area contributed by atoms with Crippen molar-refractivity contribution in [2.45, 2.75) is 127 Å². The highest BCUT2D eigenvalue weighted by atomic mass is 32.2. The first kappa shape index (κ1) is 32.8. The van der Waals surface area contributed by atoms with Gasteiger partial charge in [0.2, 0.25) is 0 Å². The Morgan fingerprint density at radius 3 is 2.28 bits per heavy atom. The van der Waals surface area contributed by atoms with Gasteiger partial charge < -0.3 is 5.11 Å². The first-order valence-corrected chi connectivity index (χ1v) is 17.0. The molecule has 0 radical (unpaired) electrons. The minimum absolute atomic E-state index is 0.0376. The van der Waals surface area contributed by atoms with Crippen LogP contribution in [0.2, 0.25) is 0 Å². The third-order valence-corrected chi connectivity index (χ3v) is 12.9. The summed E-state index contributed by atoms with van der Waals surface area (Å²) in [6, 6.07) is 1.80. The average molecular weight is 629 g/mol. The summed E-state index contributed by atoms with van der Waals surface area (Å²) in [5, 5.41) is 12.1. The number of halogens is 5. The second-order valence-electron chi connectivity index (χ2n) is 14.0. The Morgan fingerprint density at radius 2 is 1.58 bits per heavy atom. The molecule has 7 atom stereocenters. The van der Waals surface area contributed by atoms with E-state index in [0.717, 1.165) is 61.4 Å². The zero-order valence-electron chi connectivity index (χ0n) is 25.3. The number of alkyl halides is 5. The predicted octanol–water partition coefficient (Wildman–Crippen LogP) is 8.99. The topological polar surface area (TPSA) is 63.1 Å². The summed E-state index contributed by atoms with van der Waals surface area (Å²) in [6.07, 6.45) is 8.88. The van der Waals surface area contributed by atoms with Crippen LogP contribution in [-0.2, 0) is 4.79 Å². The minimum atomic E-state index is -5.80. The Hall–Kier alpha value is -1.55. The zero-order chi connectivity index (χ0) is 31.1. The quantitative estimate of drug-likeness (QED) is 0.115. The second kappa shape index (κ2) is 12.3. The molecule has 4 aliphatic rings. The molecule has 0 bridgehead atoms. The number of fused-ring (bicyclic) bond motifs is 5. The number of rotatable bonds is 11. The van der Waals surface area contributed by atoms with Crippen LogP contribution >= 0.6 is 11.8 Å². The largest absolute Gasteiger partial charge is 0.456 e. The van der Waals surface area contributed by atoms with Gasteiger partial charge in [0.05, 0.1) is 0 Å². The van der Waals surface area contributed by atoms with E-state index in [9.17, 15) is 23.1 Å². The van der Waals surface area contributed by atoms with E-state index in [1.54, 1.807) is 30.2 Å². The third kappa shape index (κ3) is 5.81. The number of carbonyl (C=O) groups is 1. The summed E-state index contributed by atoms with van der Waals surface area (Å²) in [6.45, 7) is 3.67. The van der Waals surface area contributed by atoms with Crippen LogP contribution in [0.3, 0.4) is 0 Å². The molecule has 43 heavy (non-hydrogen) atoms. The molecular formula is C33H45F5N2O2S. The Labute approximate surface area is 256 Å². The number of hydrogen-bond acceptors (Lipinski definition) is 5. The lowest BCUT2D eigenvalue weighted by atomic mass is 9.43. The van der Waals surface area contributed by atoms with Gasteiger partial charge in [-0.2, -0.15) is 22.0 Å². The van der Waals surface area contributed by atoms with Crippen molar-refractivity contribution in [3.8, 4) is 0 Å². The van der Waals surface area contributed by atoms with Crippen molar-refractivity contribution in [2.75, 3.05) is 5.75 Å². The number of unbranched alkanes of at least 4 members (excludes halogenated alkanes) is 5. The number of carbonyl (C=O) groups excluding carboxylic acids is 1. The van der Waals surface area contributed by atoms with Crippen LogP contribution in [0.1, 0.15) is 104 Å². The summed E-state index contributed by atoms with van der Waals surface area (Å²) in [4.78, 5) is 20.9. The molecule has 240 valence electrons. The third-order valence-electron chi connectivity index (χ3n) is 11.9. The van der Waals surface area contributed by atoms with Crippen molar-refractivity contribution in [2.24, 2.45) is 34.5 Å². The maximum absolute atomic E-state index is 15.0. The molecule has 0 aromatic carbocycles. The van der Waals surface area contributed by atoms with Crippen molar-refractivity contribution in [3.63, 3.8) is 0 Å². The van der Waals surface area contributed by atoms with Gasteiger partial charge in [0.25, 0.3) is 0 Å². The lowest BCUT2D eigenvalue weighted by Gasteiger charge is -2.62. The van der Waals surface area contributed by atoms with Gasteiger partial charge in [0.1, 0.15) is 5.60 Å². The first-order valence-electron chi connectivity index (χ1n) is 16.1. The van der Waals surface area contributed by atoms with E-state index in [1.807, 2.05) is 6.08 Å². The number of thioether (sulfide) groups is 1. The molecule has 5 rings (SSSR count). The van der Waals surface area contributed by atoms with Gasteiger partial charge in [0.15, 0.2) is 10.9 Å². The van der Waals surface area contributed by atoms with Gasteiger partial charge in [0, 0.05) is 30.0 Å². The highest BCUT2D eigenvalue weighted by Gasteiger charge is 2.79. The fourth-order valence-corrected chi connectivity index (χ4v) is 10.3. The monoisotopic (exact) mass is 628 g/mol. The molecule has 0 saturated heterocycles. The van der Waals surface area contributed by atoms with Crippen molar-refractivity contribution in [1.82, 2.24) is 9.97 Å². The maximum Gasteiger partial charge on any atom is 0.456 e. The summed E-state index contributed by atoms with van der Waals surface area (Å²) >= 11 is 1.66. The molecule has 0 amide bonds. The summed E-state index contributed by atoms with van der Waals surface area (Å²) < 4.78 is 70.9. The Balaban J connectivity index is 1.24. The van der Waals surface area contributed by atoms with Crippen molar-refractivity contribution in [1.29, 1.82) is 0 Å². The molecule has 2 unspecified atom stereocenters. The van der Waals surface area contributed by atoms with Gasteiger partial charge in [-0.3, -0.25) is 4.79 Å². The summed E-state index contributed by atoms with van der Waals surface area (Å²) in [5.41, 5.74) is -3.72. The lowest BCUT2D eigenvalue weighted by molar-refractivity contribution is -0.364. The first-order chi connectivity index (χ1) is 20.2. The highest BCUT2D eigenvalue weighted by Crippen LogP contribution is 2.72. The van der Waals surface area contributed by atoms with E-state index in [0.29, 0.717) is 25.7 Å². The smallest absolute Gasteiger partial charge is 0.383 e. The fraction of sp³-hybridized carbons (Fsp3) is 0.788. The number of ketones is 1. The molecule has 4 nitrogen and oxygen atoms in total. The standard InChI is InChI=1S/C33H45F5N2O2S/c1-29-14-11-24(41)21-23(29)20-22(10-7-5-3-4-6-8-19-43-28-39-17-9-18-40-28)27-25(29)12-15-30(2)26(27)13-16-31(30,42)32(34,35)33(36,37)38/h9,17-18,21-22,25-27,42H,3-8,10-16,19-20H2,1-2H3/t22?,25-,26+,27-,29+,30+,31?/m1/s1. The van der Waals surface area contributed by atoms with Crippen LogP contribution in [0, 0.1) is 34.5 Å². The molecule has 10 heteroatoms. The van der Waals surface area contributed by atoms with Gasteiger partial charge in [-0.05, 0) is 92.6 Å². The van der Waals surface area contributed by atoms with E-state index in [1.165, 1.54) is 6.92 Å². The van der Waals surface area contributed by atoms with Gasteiger partial charge in [-0.15, -0.1) is 0 Å². The van der Waals surface area contributed by atoms with Crippen LogP contribution in [0.25, 0.3) is 0 Å². The number of nitrogens with zero attached hydrogens (tertiary/aromatic N) is 2. The van der Waals surface area contributed by atoms with E-state index in [-0.39, 0.29) is 41.8 Å². The molecule has 3 fully saturated rings. The number of aliphatic hydroxyl groups is 1. The highest BCUT2D eigenvalue weighted by molar-refractivity contribution is 7.99. The Morgan fingerprint density at radius 1 is 0.930 bits per heavy atom. The Bertz CT molecular complexity index is 1180. The Kier molecular flexibility index (Phi) is 9.42. The van der Waals surface area contributed by atoms with E-state index in [2.05, 4.69) is 16.9 Å². The molecule has 1 aromatic rings. The predicted molar refractivity (Wildman–Crippen MR) is 157 cm³/mol. The van der Waals surface area contributed by atoms with E-state index in [4.69, 9.17) is 0 Å². The molecular weight excluding hydrogens is 583 g/mol. The van der Waals surface area contributed by atoms with Gasteiger partial charge >= 0.3 is 12.1 Å². The van der Waals surface area contributed by atoms with Crippen LogP contribution in [0.5, 0.6) is 0 Å². The second-order valence-corrected chi connectivity index (χ2v) is 15.1. The molecule has 1 N–H and O–H groups in total. The molecule has 3 saturated carbocycles. The molecule has 4 aliphatic carbocycles. The van der Waals surface area contributed by atoms with Crippen LogP contribution in [0.4, 0.5) is 22.0 Å². The van der Waals surface area contributed by atoms with Gasteiger partial charge in [-0.25, -0.2) is 9.97 Å². The zero-order valence-corrected chi connectivity index (χ0v) is 26.1. The van der Waals surface area contributed by atoms with Crippen molar-refractivity contribution >= 4 is 17.5 Å². The van der Waals surface area contributed by atoms with Gasteiger partial charge in [-0.1, -0.05) is 63.3 Å².